The average molecular weight is 407 g/mol. The van der Waals surface area contributed by atoms with Crippen molar-refractivity contribution in [1.29, 1.82) is 0 Å². The minimum absolute atomic E-state index is 0.0434. The molecule has 1 amide bonds. The predicted octanol–water partition coefficient (Wildman–Crippen LogP) is 4.03. The maximum atomic E-state index is 12.4. The Kier molecular flexibility index (Phi) is 7.94. The van der Waals surface area contributed by atoms with Crippen molar-refractivity contribution >= 4 is 11.9 Å². The molecule has 0 heterocycles. The van der Waals surface area contributed by atoms with Gasteiger partial charge in [-0.1, -0.05) is 36.8 Å². The minimum atomic E-state index is -3.02. The largest absolute Gasteiger partial charge is 0.493 e. The Morgan fingerprint density at radius 1 is 1.07 bits per heavy atom. The number of alkyl halides is 2. The van der Waals surface area contributed by atoms with Crippen molar-refractivity contribution in [3.8, 4) is 11.5 Å². The zero-order valence-corrected chi connectivity index (χ0v) is 16.4. The first kappa shape index (κ1) is 22.1. The molecule has 0 aliphatic rings. The number of ether oxygens (including phenoxy) is 3. The van der Waals surface area contributed by atoms with E-state index in [1.807, 2.05) is 38.1 Å². The van der Waals surface area contributed by atoms with Gasteiger partial charge in [-0.05, 0) is 37.1 Å². The number of carbonyl (C=O) groups excluding carboxylic acids is 2. The van der Waals surface area contributed by atoms with Crippen molar-refractivity contribution in [3.63, 3.8) is 0 Å². The van der Waals surface area contributed by atoms with Crippen LogP contribution in [0.4, 0.5) is 8.78 Å². The van der Waals surface area contributed by atoms with Crippen molar-refractivity contribution in [2.45, 2.75) is 32.9 Å². The number of aryl methyl sites for hydroxylation is 1. The lowest BCUT2D eigenvalue weighted by Crippen LogP contribution is -2.32. The van der Waals surface area contributed by atoms with Crippen molar-refractivity contribution in [2.75, 3.05) is 13.7 Å². The molecule has 0 unspecified atom stereocenters. The molecule has 0 bridgehead atoms. The normalized spacial score (nSPS) is 11.7. The Bertz CT molecular complexity index is 839. The quantitative estimate of drug-likeness (QED) is 0.636. The number of hydrogen-bond donors (Lipinski definition) is 1. The van der Waals surface area contributed by atoms with E-state index in [1.54, 1.807) is 0 Å². The molecule has 2 rings (SSSR count). The minimum Gasteiger partial charge on any atom is -0.493 e. The molecule has 0 aromatic heterocycles. The van der Waals surface area contributed by atoms with Crippen LogP contribution in [0.3, 0.4) is 0 Å². The van der Waals surface area contributed by atoms with E-state index in [1.165, 1.54) is 25.3 Å². The summed E-state index contributed by atoms with van der Waals surface area (Å²) in [6, 6.07) is 11.2. The summed E-state index contributed by atoms with van der Waals surface area (Å²) in [5.41, 5.74) is 2.11. The van der Waals surface area contributed by atoms with Gasteiger partial charge in [-0.2, -0.15) is 8.78 Å². The van der Waals surface area contributed by atoms with Gasteiger partial charge in [-0.15, -0.1) is 0 Å². The smallest absolute Gasteiger partial charge is 0.387 e. The first-order chi connectivity index (χ1) is 13.8. The van der Waals surface area contributed by atoms with Crippen LogP contribution in [0.2, 0.25) is 0 Å². The van der Waals surface area contributed by atoms with Gasteiger partial charge in [0.05, 0.1) is 18.7 Å². The third kappa shape index (κ3) is 6.44. The maximum absolute atomic E-state index is 12.4. The van der Waals surface area contributed by atoms with Gasteiger partial charge >= 0.3 is 12.6 Å². The van der Waals surface area contributed by atoms with Crippen LogP contribution in [0, 0.1) is 6.92 Å². The summed E-state index contributed by atoms with van der Waals surface area (Å²) in [7, 11) is 1.26. The van der Waals surface area contributed by atoms with Gasteiger partial charge < -0.3 is 19.5 Å². The lowest BCUT2D eigenvalue weighted by Gasteiger charge is -2.18. The lowest BCUT2D eigenvalue weighted by molar-refractivity contribution is -0.125. The van der Waals surface area contributed by atoms with E-state index in [-0.39, 0.29) is 23.1 Å². The summed E-state index contributed by atoms with van der Waals surface area (Å²) in [5.74, 6) is -1.49. The number of amides is 1. The van der Waals surface area contributed by atoms with Crippen LogP contribution < -0.4 is 14.8 Å². The lowest BCUT2D eigenvalue weighted by atomic mass is 10.0. The van der Waals surface area contributed by atoms with Gasteiger partial charge in [0.25, 0.3) is 5.91 Å². The standard InChI is InChI=1S/C21H23F2NO5/c1-4-16(14-7-5-13(2)6-8-14)24-19(25)12-28-20(26)15-9-10-17(29-21(22)23)18(11-15)27-3/h5-11,16,21H,4,12H2,1-3H3,(H,24,25)/t16-/m1/s1. The van der Waals surface area contributed by atoms with E-state index in [4.69, 9.17) is 9.47 Å². The molecule has 1 N–H and O–H groups in total. The van der Waals surface area contributed by atoms with Crippen LogP contribution in [-0.4, -0.2) is 32.2 Å². The van der Waals surface area contributed by atoms with Crippen LogP contribution in [-0.2, 0) is 9.53 Å². The number of carbonyl (C=O) groups is 2. The fourth-order valence-electron chi connectivity index (χ4n) is 2.66. The Hall–Kier alpha value is -3.16. The second kappa shape index (κ2) is 10.4. The fourth-order valence-corrected chi connectivity index (χ4v) is 2.66. The molecular formula is C21H23F2NO5. The molecule has 8 heteroatoms. The number of esters is 1. The second-order valence-electron chi connectivity index (χ2n) is 6.26. The summed E-state index contributed by atoms with van der Waals surface area (Å²) < 4.78 is 39.0. The van der Waals surface area contributed by atoms with E-state index < -0.39 is 25.1 Å². The summed E-state index contributed by atoms with van der Waals surface area (Å²) in [4.78, 5) is 24.3. The third-order valence-corrected chi connectivity index (χ3v) is 4.17. The Morgan fingerprint density at radius 2 is 1.76 bits per heavy atom. The maximum Gasteiger partial charge on any atom is 0.387 e. The molecule has 0 spiro atoms. The van der Waals surface area contributed by atoms with E-state index in [2.05, 4.69) is 10.1 Å². The topological polar surface area (TPSA) is 73.9 Å². The highest BCUT2D eigenvalue weighted by atomic mass is 19.3. The predicted molar refractivity (Wildman–Crippen MR) is 102 cm³/mol. The fraction of sp³-hybridized carbons (Fsp3) is 0.333. The second-order valence-corrected chi connectivity index (χ2v) is 6.26. The molecule has 0 saturated carbocycles. The van der Waals surface area contributed by atoms with Crippen LogP contribution >= 0.6 is 0 Å². The van der Waals surface area contributed by atoms with Gasteiger partial charge in [0.15, 0.2) is 18.1 Å². The number of hydrogen-bond acceptors (Lipinski definition) is 5. The highest BCUT2D eigenvalue weighted by Gasteiger charge is 2.17. The Labute approximate surface area is 167 Å². The van der Waals surface area contributed by atoms with Gasteiger partial charge in [0.2, 0.25) is 0 Å². The highest BCUT2D eigenvalue weighted by molar-refractivity contribution is 5.92. The third-order valence-electron chi connectivity index (χ3n) is 4.17. The van der Waals surface area contributed by atoms with Crippen molar-refractivity contribution in [3.05, 3.63) is 59.2 Å². The number of benzene rings is 2. The first-order valence-corrected chi connectivity index (χ1v) is 9.00. The van der Waals surface area contributed by atoms with Crippen LogP contribution in [0.25, 0.3) is 0 Å². The Morgan fingerprint density at radius 3 is 2.34 bits per heavy atom. The van der Waals surface area contributed by atoms with Crippen LogP contribution in [0.15, 0.2) is 42.5 Å². The molecule has 2 aromatic rings. The van der Waals surface area contributed by atoms with Crippen LogP contribution in [0.1, 0.15) is 40.9 Å². The molecule has 0 aliphatic carbocycles. The van der Waals surface area contributed by atoms with Crippen molar-refractivity contribution in [2.24, 2.45) is 0 Å². The zero-order valence-electron chi connectivity index (χ0n) is 16.4. The molecule has 0 aliphatic heterocycles. The molecule has 0 radical (unpaired) electrons. The molecular weight excluding hydrogens is 384 g/mol. The summed E-state index contributed by atoms with van der Waals surface area (Å²) in [6.45, 7) is 0.417. The van der Waals surface area contributed by atoms with Gasteiger partial charge in [-0.3, -0.25) is 4.79 Å². The summed E-state index contributed by atoms with van der Waals surface area (Å²) in [5, 5.41) is 2.82. The van der Waals surface area contributed by atoms with Gasteiger partial charge in [0, 0.05) is 0 Å². The average Bonchev–Trinajstić information content (AvgIpc) is 2.70. The molecule has 0 fully saturated rings. The number of halogens is 2. The summed E-state index contributed by atoms with van der Waals surface area (Å²) in [6.07, 6.45) is 0.672. The van der Waals surface area contributed by atoms with Crippen molar-refractivity contribution in [1.82, 2.24) is 5.32 Å². The number of rotatable bonds is 9. The molecule has 0 saturated heterocycles. The monoisotopic (exact) mass is 407 g/mol. The zero-order chi connectivity index (χ0) is 21.4. The molecule has 1 atom stereocenters. The van der Waals surface area contributed by atoms with Crippen molar-refractivity contribution < 1.29 is 32.6 Å². The van der Waals surface area contributed by atoms with E-state index in [9.17, 15) is 18.4 Å². The van der Waals surface area contributed by atoms with Crippen LogP contribution in [0.5, 0.6) is 11.5 Å². The number of nitrogens with one attached hydrogen (secondary N) is 1. The molecule has 29 heavy (non-hydrogen) atoms. The SMILES string of the molecule is CC[C@@H](NC(=O)COC(=O)c1ccc(OC(F)F)c(OC)c1)c1ccc(C)cc1. The van der Waals surface area contributed by atoms with E-state index in [0.717, 1.165) is 11.1 Å². The van der Waals surface area contributed by atoms with Gasteiger partial charge in [-0.25, -0.2) is 4.79 Å². The Balaban J connectivity index is 1.95. The molecule has 6 nitrogen and oxygen atoms in total. The highest BCUT2D eigenvalue weighted by Crippen LogP contribution is 2.29. The molecule has 2 aromatic carbocycles. The van der Waals surface area contributed by atoms with E-state index >= 15 is 0 Å². The first-order valence-electron chi connectivity index (χ1n) is 9.00. The summed E-state index contributed by atoms with van der Waals surface area (Å²) >= 11 is 0. The van der Waals surface area contributed by atoms with E-state index in [0.29, 0.717) is 6.42 Å². The number of methoxy groups -OCH3 is 1. The molecule has 156 valence electrons. The van der Waals surface area contributed by atoms with Gasteiger partial charge in [0.1, 0.15) is 0 Å².